The van der Waals surface area contributed by atoms with Crippen molar-refractivity contribution >= 4 is 0 Å². The van der Waals surface area contributed by atoms with E-state index in [4.69, 9.17) is 9.47 Å². The summed E-state index contributed by atoms with van der Waals surface area (Å²) in [5.41, 5.74) is 5.07. The molecule has 4 nitrogen and oxygen atoms in total. The highest BCUT2D eigenvalue weighted by atomic mass is 16.5. The van der Waals surface area contributed by atoms with E-state index in [2.05, 4.69) is 86.0 Å². The van der Waals surface area contributed by atoms with Gasteiger partial charge in [0, 0.05) is 13.1 Å². The van der Waals surface area contributed by atoms with E-state index in [-0.39, 0.29) is 0 Å². The van der Waals surface area contributed by atoms with E-state index in [1.165, 1.54) is 164 Å². The van der Waals surface area contributed by atoms with Crippen molar-refractivity contribution in [2.24, 2.45) is 0 Å². The van der Waals surface area contributed by atoms with Crippen LogP contribution in [0, 0.1) is 0 Å². The molecule has 0 aliphatic heterocycles. The van der Waals surface area contributed by atoms with Crippen LogP contribution in [0.2, 0.25) is 0 Å². The molecule has 0 spiro atoms. The smallest absolute Gasteiger partial charge is 0.0723 e. The molecule has 2 aromatic carbocycles. The maximum atomic E-state index is 6.36. The Hall–Kier alpha value is -1.72. The van der Waals surface area contributed by atoms with Crippen molar-refractivity contribution in [1.82, 2.24) is 9.80 Å². The lowest BCUT2D eigenvalue weighted by atomic mass is 9.96. The molecule has 2 aromatic rings. The predicted molar refractivity (Wildman–Crippen MR) is 210 cm³/mol. The molecule has 2 rings (SSSR count). The zero-order chi connectivity index (χ0) is 34.3. The monoisotopic (exact) mass is 665 g/mol. The van der Waals surface area contributed by atoms with Gasteiger partial charge in [0.2, 0.25) is 0 Å². The first-order valence-electron chi connectivity index (χ1n) is 20.5. The van der Waals surface area contributed by atoms with Gasteiger partial charge in [0.05, 0.1) is 26.4 Å². The lowest BCUT2D eigenvalue weighted by molar-refractivity contribution is 0.0906. The fourth-order valence-electron chi connectivity index (χ4n) is 6.64. The van der Waals surface area contributed by atoms with E-state index >= 15 is 0 Å². The summed E-state index contributed by atoms with van der Waals surface area (Å²) in [5.74, 6) is 0. The van der Waals surface area contributed by atoms with Crippen LogP contribution in [0.5, 0.6) is 0 Å². The quantitative estimate of drug-likeness (QED) is 0.0709. The molecule has 0 bridgehead atoms. The fraction of sp³-hybridized carbons (Fsp3) is 0.727. The Labute approximate surface area is 298 Å². The minimum absolute atomic E-state index is 0.649. The van der Waals surface area contributed by atoms with Gasteiger partial charge < -0.3 is 19.3 Å². The molecule has 0 aliphatic rings. The van der Waals surface area contributed by atoms with Gasteiger partial charge in [0.25, 0.3) is 0 Å². The summed E-state index contributed by atoms with van der Waals surface area (Å²) < 4.78 is 12.7. The zero-order valence-corrected chi connectivity index (χ0v) is 32.1. The Kier molecular flexibility index (Phi) is 26.6. The summed E-state index contributed by atoms with van der Waals surface area (Å²) in [6.07, 6.45) is 24.1. The molecule has 0 unspecified atom stereocenters. The fourth-order valence-corrected chi connectivity index (χ4v) is 6.64. The van der Waals surface area contributed by atoms with Gasteiger partial charge in [-0.05, 0) is 74.1 Å². The van der Waals surface area contributed by atoms with Crippen LogP contribution >= 0.6 is 0 Å². The zero-order valence-electron chi connectivity index (χ0n) is 32.1. The SMILES string of the molecule is CCCCCCCCN(CCCCC)CCOCc1ccccc1-c1ccccc1COCCN(CCCCC)CCCCCCCC. The van der Waals surface area contributed by atoms with Crippen molar-refractivity contribution < 1.29 is 9.47 Å². The van der Waals surface area contributed by atoms with E-state index in [0.717, 1.165) is 26.3 Å². The molecule has 0 N–H and O–H groups in total. The molecule has 0 saturated carbocycles. The molecular formula is C44H76N2O2. The minimum Gasteiger partial charge on any atom is -0.375 e. The van der Waals surface area contributed by atoms with E-state index in [1.54, 1.807) is 0 Å². The lowest BCUT2D eigenvalue weighted by Gasteiger charge is -2.23. The molecule has 0 fully saturated rings. The van der Waals surface area contributed by atoms with E-state index < -0.39 is 0 Å². The van der Waals surface area contributed by atoms with Crippen LogP contribution in [0.4, 0.5) is 0 Å². The first kappa shape index (κ1) is 42.4. The minimum atomic E-state index is 0.649. The molecule has 274 valence electrons. The van der Waals surface area contributed by atoms with Crippen molar-refractivity contribution in [3.8, 4) is 11.1 Å². The summed E-state index contributed by atoms with van der Waals surface area (Å²) in [4.78, 5) is 5.29. The highest BCUT2D eigenvalue weighted by Gasteiger charge is 2.12. The maximum Gasteiger partial charge on any atom is 0.0723 e. The third-order valence-corrected chi connectivity index (χ3v) is 9.76. The summed E-state index contributed by atoms with van der Waals surface area (Å²) >= 11 is 0. The first-order chi connectivity index (χ1) is 23.7. The Balaban J connectivity index is 1.88. The Morgan fingerprint density at radius 2 is 0.688 bits per heavy atom. The van der Waals surface area contributed by atoms with Crippen LogP contribution in [0.25, 0.3) is 11.1 Å². The van der Waals surface area contributed by atoms with Crippen LogP contribution in [0.1, 0.15) is 154 Å². The van der Waals surface area contributed by atoms with Gasteiger partial charge >= 0.3 is 0 Å². The summed E-state index contributed by atoms with van der Waals surface area (Å²) in [5, 5.41) is 0. The number of ether oxygens (including phenoxy) is 2. The lowest BCUT2D eigenvalue weighted by Crippen LogP contribution is -2.30. The Morgan fingerprint density at radius 1 is 0.375 bits per heavy atom. The molecular weight excluding hydrogens is 588 g/mol. The van der Waals surface area contributed by atoms with Crippen molar-refractivity contribution in [3.63, 3.8) is 0 Å². The standard InChI is InChI=1S/C44H76N2O2/c1-5-9-13-15-17-25-33-45(31-23-11-7-3)35-37-47-39-41-27-19-21-29-43(41)44-30-22-20-28-42(44)40-48-38-36-46(32-24-12-8-4)34-26-18-16-14-10-6-2/h19-22,27-30H,5-18,23-26,31-40H2,1-4H3. The summed E-state index contributed by atoms with van der Waals surface area (Å²) in [6, 6.07) is 17.6. The number of hydrogen-bond donors (Lipinski definition) is 0. The summed E-state index contributed by atoms with van der Waals surface area (Å²) in [7, 11) is 0. The number of unbranched alkanes of at least 4 members (excludes halogenated alkanes) is 14. The van der Waals surface area contributed by atoms with Gasteiger partial charge in [0.15, 0.2) is 0 Å². The molecule has 4 heteroatoms. The van der Waals surface area contributed by atoms with Crippen molar-refractivity contribution in [2.45, 2.75) is 156 Å². The Bertz CT molecular complexity index is 916. The van der Waals surface area contributed by atoms with Crippen LogP contribution in [-0.2, 0) is 22.7 Å². The number of nitrogens with zero attached hydrogens (tertiary/aromatic N) is 2. The van der Waals surface area contributed by atoms with Gasteiger partial charge in [0.1, 0.15) is 0 Å². The topological polar surface area (TPSA) is 24.9 Å². The predicted octanol–water partition coefficient (Wildman–Crippen LogP) is 12.1. The number of hydrogen-bond acceptors (Lipinski definition) is 4. The second-order valence-electron chi connectivity index (χ2n) is 14.1. The normalized spacial score (nSPS) is 11.7. The van der Waals surface area contributed by atoms with E-state index in [1.807, 2.05) is 0 Å². The van der Waals surface area contributed by atoms with Crippen molar-refractivity contribution in [2.75, 3.05) is 52.5 Å². The third kappa shape index (κ3) is 20.1. The van der Waals surface area contributed by atoms with Gasteiger partial charge in [-0.25, -0.2) is 0 Å². The van der Waals surface area contributed by atoms with Crippen LogP contribution in [0.15, 0.2) is 48.5 Å². The van der Waals surface area contributed by atoms with Crippen LogP contribution in [0.3, 0.4) is 0 Å². The van der Waals surface area contributed by atoms with Gasteiger partial charge in [-0.3, -0.25) is 0 Å². The molecule has 0 heterocycles. The summed E-state index contributed by atoms with van der Waals surface area (Å²) in [6.45, 7) is 18.9. The van der Waals surface area contributed by atoms with Gasteiger partial charge in [-0.1, -0.05) is 166 Å². The molecule has 0 aromatic heterocycles. The first-order valence-corrected chi connectivity index (χ1v) is 20.5. The third-order valence-electron chi connectivity index (χ3n) is 9.76. The van der Waals surface area contributed by atoms with Crippen molar-refractivity contribution in [3.05, 3.63) is 59.7 Å². The average molecular weight is 665 g/mol. The van der Waals surface area contributed by atoms with E-state index in [0.29, 0.717) is 13.2 Å². The van der Waals surface area contributed by atoms with Gasteiger partial charge in [-0.15, -0.1) is 0 Å². The molecule has 0 radical (unpaired) electrons. The molecule has 48 heavy (non-hydrogen) atoms. The Morgan fingerprint density at radius 3 is 1.08 bits per heavy atom. The average Bonchev–Trinajstić information content (AvgIpc) is 3.11. The highest BCUT2D eigenvalue weighted by molar-refractivity contribution is 5.70. The molecule has 0 amide bonds. The molecule has 0 aliphatic carbocycles. The number of benzene rings is 2. The van der Waals surface area contributed by atoms with Crippen LogP contribution in [-0.4, -0.2) is 62.3 Å². The van der Waals surface area contributed by atoms with Crippen LogP contribution < -0.4 is 0 Å². The maximum absolute atomic E-state index is 6.36. The van der Waals surface area contributed by atoms with Gasteiger partial charge in [-0.2, -0.15) is 0 Å². The second kappa shape index (κ2) is 30.1. The largest absolute Gasteiger partial charge is 0.375 e. The van der Waals surface area contributed by atoms with Crippen molar-refractivity contribution in [1.29, 1.82) is 0 Å². The molecule has 0 atom stereocenters. The highest BCUT2D eigenvalue weighted by Crippen LogP contribution is 2.28. The molecule has 0 saturated heterocycles. The number of rotatable bonds is 33. The second-order valence-corrected chi connectivity index (χ2v) is 14.1. The van der Waals surface area contributed by atoms with E-state index in [9.17, 15) is 0 Å².